The Morgan fingerprint density at radius 3 is 2.42 bits per heavy atom. The van der Waals surface area contributed by atoms with Crippen LogP contribution in [0.5, 0.6) is 5.75 Å². The van der Waals surface area contributed by atoms with Gasteiger partial charge in [0.25, 0.3) is 3.57 Å². The first-order valence-electron chi connectivity index (χ1n) is 5.68. The number of fused-ring (bicyclic) bond motifs is 1. The third-order valence-corrected chi connectivity index (χ3v) is 5.46. The molecule has 0 saturated carbocycles. The maximum absolute atomic E-state index is 12.3. The van der Waals surface area contributed by atoms with Gasteiger partial charge in [0.05, 0.1) is 0 Å². The molecule has 94 valence electrons. The fourth-order valence-corrected chi connectivity index (χ4v) is 4.03. The Morgan fingerprint density at radius 1 is 0.947 bits per heavy atom. The van der Waals surface area contributed by atoms with Crippen LogP contribution >= 0.6 is 0 Å². The molecule has 1 heterocycles. The van der Waals surface area contributed by atoms with Crippen LogP contribution in [-0.4, -0.2) is 0 Å². The minimum atomic E-state index is -0.808. The van der Waals surface area contributed by atoms with Crippen LogP contribution in [-0.2, 0) is 0 Å². The quantitative estimate of drug-likeness (QED) is 0.433. The lowest BCUT2D eigenvalue weighted by molar-refractivity contribution is -0.606. The zero-order chi connectivity index (χ0) is 13.2. The van der Waals surface area contributed by atoms with Crippen LogP contribution in [0.3, 0.4) is 0 Å². The first-order chi connectivity index (χ1) is 9.25. The van der Waals surface area contributed by atoms with Gasteiger partial charge in [-0.3, -0.25) is 0 Å². The summed E-state index contributed by atoms with van der Waals surface area (Å²) in [4.78, 5) is 11.9. The van der Waals surface area contributed by atoms with Crippen LogP contribution in [0, 0.1) is 7.14 Å². The molecule has 3 aromatic rings. The molecule has 0 aliphatic carbocycles. The molecule has 0 atom stereocenters. The van der Waals surface area contributed by atoms with E-state index in [1.54, 1.807) is 24.3 Å². The van der Waals surface area contributed by atoms with Crippen LogP contribution in [0.25, 0.3) is 11.0 Å². The Morgan fingerprint density at radius 2 is 1.63 bits per heavy atom. The smallest absolute Gasteiger partial charge is 0.390 e. The average molecular weight is 364 g/mol. The Balaban J connectivity index is 2.16. The summed E-state index contributed by atoms with van der Waals surface area (Å²) in [6.45, 7) is 0. The molecule has 0 radical (unpaired) electrons. The highest BCUT2D eigenvalue weighted by Gasteiger charge is 2.23. The second kappa shape index (κ2) is 5.05. The summed E-state index contributed by atoms with van der Waals surface area (Å²) in [5.74, 6) is -0.191. The predicted molar refractivity (Wildman–Crippen MR) is 65.8 cm³/mol. The van der Waals surface area contributed by atoms with Gasteiger partial charge < -0.3 is 9.52 Å². The number of benzene rings is 2. The topological polar surface area (TPSA) is 53.3 Å². The Kier molecular flexibility index (Phi) is 3.25. The summed E-state index contributed by atoms with van der Waals surface area (Å²) in [5, 5.41) is 12.8. The third kappa shape index (κ3) is 2.35. The minimum absolute atomic E-state index is 0.191. The van der Waals surface area contributed by atoms with Gasteiger partial charge in [-0.15, -0.1) is 0 Å². The molecule has 0 N–H and O–H groups in total. The summed E-state index contributed by atoms with van der Waals surface area (Å²) < 4.78 is 6.54. The van der Waals surface area contributed by atoms with Gasteiger partial charge in [-0.2, -0.15) is 0 Å². The molecule has 3 nitrogen and oxygen atoms in total. The summed E-state index contributed by atoms with van der Waals surface area (Å²) in [5.41, 5.74) is -0.140. The molecule has 3 rings (SSSR count). The van der Waals surface area contributed by atoms with Crippen molar-refractivity contribution in [1.82, 2.24) is 0 Å². The van der Waals surface area contributed by atoms with Gasteiger partial charge in [-0.1, -0.05) is 36.4 Å². The highest BCUT2D eigenvalue weighted by molar-refractivity contribution is 5.81. The first-order valence-corrected chi connectivity index (χ1v) is 7.84. The van der Waals surface area contributed by atoms with E-state index in [9.17, 15) is 9.90 Å². The molecule has 19 heavy (non-hydrogen) atoms. The third-order valence-electron chi connectivity index (χ3n) is 2.65. The highest BCUT2D eigenvalue weighted by atomic mass is 127. The van der Waals surface area contributed by atoms with Crippen molar-refractivity contribution >= 4 is 11.0 Å². The van der Waals surface area contributed by atoms with Crippen molar-refractivity contribution in [2.75, 3.05) is 0 Å². The van der Waals surface area contributed by atoms with Gasteiger partial charge in [0, 0.05) is 5.39 Å². The van der Waals surface area contributed by atoms with E-state index in [1.807, 2.05) is 30.3 Å². The van der Waals surface area contributed by atoms with Crippen molar-refractivity contribution in [2.24, 2.45) is 0 Å². The van der Waals surface area contributed by atoms with E-state index in [-0.39, 0.29) is 5.75 Å². The van der Waals surface area contributed by atoms with E-state index < -0.39 is 26.8 Å². The SMILES string of the molecule is O=c1oc2ccccc2c([O-])c1[I+]c1ccccc1. The average Bonchev–Trinajstić information content (AvgIpc) is 2.45. The minimum Gasteiger partial charge on any atom is -0.869 e. The molecule has 1 aromatic heterocycles. The molecule has 0 amide bonds. The van der Waals surface area contributed by atoms with Crippen LogP contribution in [0.1, 0.15) is 0 Å². The molecular weight excluding hydrogens is 355 g/mol. The van der Waals surface area contributed by atoms with Gasteiger partial charge in [0.15, 0.2) is 3.57 Å². The van der Waals surface area contributed by atoms with E-state index in [4.69, 9.17) is 4.42 Å². The van der Waals surface area contributed by atoms with Crippen molar-refractivity contribution in [3.8, 4) is 5.75 Å². The number of hydrogen-bond donors (Lipinski definition) is 0. The van der Waals surface area contributed by atoms with Gasteiger partial charge in [-0.25, -0.2) is 4.79 Å². The molecular formula is C15H9IO3. The molecule has 0 aliphatic heterocycles. The van der Waals surface area contributed by atoms with E-state index in [2.05, 4.69) is 0 Å². The fourth-order valence-electron chi connectivity index (χ4n) is 1.77. The van der Waals surface area contributed by atoms with Gasteiger partial charge in [0.1, 0.15) is 5.58 Å². The van der Waals surface area contributed by atoms with E-state index in [1.165, 1.54) is 0 Å². The highest BCUT2D eigenvalue weighted by Crippen LogP contribution is 2.18. The van der Waals surface area contributed by atoms with E-state index >= 15 is 0 Å². The van der Waals surface area contributed by atoms with Crippen molar-refractivity contribution in [3.63, 3.8) is 0 Å². The number of rotatable bonds is 2. The van der Waals surface area contributed by atoms with Crippen molar-refractivity contribution in [1.29, 1.82) is 0 Å². The maximum Gasteiger partial charge on any atom is 0.390 e. The fraction of sp³-hybridized carbons (Fsp3) is 0. The lowest BCUT2D eigenvalue weighted by Gasteiger charge is -2.07. The molecule has 0 fully saturated rings. The molecule has 2 aromatic carbocycles. The lowest BCUT2D eigenvalue weighted by atomic mass is 10.2. The zero-order valence-electron chi connectivity index (χ0n) is 9.80. The maximum atomic E-state index is 12.3. The van der Waals surface area contributed by atoms with Gasteiger partial charge in [0.2, 0.25) is 0 Å². The van der Waals surface area contributed by atoms with Crippen molar-refractivity contribution < 1.29 is 30.7 Å². The summed E-state index contributed by atoms with van der Waals surface area (Å²) in [6.07, 6.45) is 0. The summed E-state index contributed by atoms with van der Waals surface area (Å²) >= 11 is -0.808. The number of halogens is 1. The molecule has 0 saturated heterocycles. The van der Waals surface area contributed by atoms with Gasteiger partial charge in [-0.05, 0) is 23.9 Å². The van der Waals surface area contributed by atoms with Crippen LogP contribution in [0.4, 0.5) is 0 Å². The van der Waals surface area contributed by atoms with E-state index in [0.717, 1.165) is 3.57 Å². The molecule has 0 aliphatic rings. The van der Waals surface area contributed by atoms with Crippen molar-refractivity contribution in [3.05, 3.63) is 72.2 Å². The normalized spacial score (nSPS) is 10.7. The second-order valence-electron chi connectivity index (χ2n) is 3.92. The van der Waals surface area contributed by atoms with Crippen LogP contribution in [0.15, 0.2) is 63.8 Å². The van der Waals surface area contributed by atoms with Gasteiger partial charge >= 0.3 is 26.8 Å². The number of para-hydroxylation sites is 1. The Hall–Kier alpha value is -1.82. The molecule has 0 spiro atoms. The Labute approximate surface area is 119 Å². The lowest BCUT2D eigenvalue weighted by Crippen LogP contribution is -3.62. The molecule has 4 heteroatoms. The van der Waals surface area contributed by atoms with Crippen LogP contribution in [0.2, 0.25) is 0 Å². The largest absolute Gasteiger partial charge is 0.869 e. The Bertz CT molecular complexity index is 778. The standard InChI is InChI=1S/C15H9IO3/c17-14-11-8-4-5-9-12(11)19-15(18)13(14)16-10-6-2-1-3-7-10/h1-9H. The second-order valence-corrected chi connectivity index (χ2v) is 6.78. The summed E-state index contributed by atoms with van der Waals surface area (Å²) in [7, 11) is 0. The summed E-state index contributed by atoms with van der Waals surface area (Å²) in [6, 6.07) is 16.4. The van der Waals surface area contributed by atoms with Crippen molar-refractivity contribution in [2.45, 2.75) is 0 Å². The zero-order valence-corrected chi connectivity index (χ0v) is 12.0. The predicted octanol–water partition coefficient (Wildman–Crippen LogP) is -1.00. The number of hydrogen-bond acceptors (Lipinski definition) is 3. The first kappa shape index (κ1) is 12.2. The monoisotopic (exact) mass is 364 g/mol. The van der Waals surface area contributed by atoms with E-state index in [0.29, 0.717) is 14.5 Å². The molecule has 0 unspecified atom stereocenters. The van der Waals surface area contributed by atoms with Crippen LogP contribution < -0.4 is 31.9 Å². The molecule has 0 bridgehead atoms.